The molecule has 1 N–H and O–H groups in total. The van der Waals surface area contributed by atoms with E-state index >= 15 is 0 Å². The summed E-state index contributed by atoms with van der Waals surface area (Å²) in [5.74, 6) is 1.77. The first-order valence-corrected chi connectivity index (χ1v) is 5.99. The summed E-state index contributed by atoms with van der Waals surface area (Å²) in [4.78, 5) is 0. The van der Waals surface area contributed by atoms with Gasteiger partial charge in [-0.25, -0.2) is 0 Å². The van der Waals surface area contributed by atoms with Crippen molar-refractivity contribution in [3.05, 3.63) is 18.0 Å². The molecule has 1 aliphatic rings. The van der Waals surface area contributed by atoms with Gasteiger partial charge in [0, 0.05) is 12.7 Å². The lowest BCUT2D eigenvalue weighted by Gasteiger charge is -2.36. The van der Waals surface area contributed by atoms with Gasteiger partial charge in [0.05, 0.1) is 6.20 Å². The molecule has 1 aromatic heterocycles. The molecule has 84 valence electrons. The molecule has 2 unspecified atom stereocenters. The maximum Gasteiger partial charge on any atom is 0.0521 e. The third kappa shape index (κ3) is 2.40. The largest absolute Gasteiger partial charge is 0.319 e. The van der Waals surface area contributed by atoms with Crippen molar-refractivity contribution < 1.29 is 0 Å². The maximum absolute atomic E-state index is 4.32. The summed E-state index contributed by atoms with van der Waals surface area (Å²) in [5.41, 5.74) is 1.41. The SMILES string of the molecule is CCn1cc(CC2CCC2CNC)cn1. The lowest BCUT2D eigenvalue weighted by Crippen LogP contribution is -2.35. The summed E-state index contributed by atoms with van der Waals surface area (Å²) in [7, 11) is 2.05. The predicted octanol–water partition coefficient (Wildman–Crippen LogP) is 1.69. The van der Waals surface area contributed by atoms with Crippen LogP contribution in [0, 0.1) is 11.8 Å². The molecule has 0 saturated heterocycles. The van der Waals surface area contributed by atoms with E-state index in [-0.39, 0.29) is 0 Å². The number of rotatable bonds is 5. The number of nitrogens with zero attached hydrogens (tertiary/aromatic N) is 2. The van der Waals surface area contributed by atoms with Gasteiger partial charge >= 0.3 is 0 Å². The highest BCUT2D eigenvalue weighted by molar-refractivity contribution is 5.07. The van der Waals surface area contributed by atoms with E-state index in [0.29, 0.717) is 0 Å². The fourth-order valence-electron chi connectivity index (χ4n) is 2.43. The van der Waals surface area contributed by atoms with Crippen LogP contribution in [0.3, 0.4) is 0 Å². The number of aromatic nitrogens is 2. The summed E-state index contributed by atoms with van der Waals surface area (Å²) in [6, 6.07) is 0. The Morgan fingerprint density at radius 2 is 2.27 bits per heavy atom. The highest BCUT2D eigenvalue weighted by Gasteiger charge is 2.30. The van der Waals surface area contributed by atoms with Gasteiger partial charge in [0.15, 0.2) is 0 Å². The molecule has 3 nitrogen and oxygen atoms in total. The van der Waals surface area contributed by atoms with Crippen LogP contribution in [-0.4, -0.2) is 23.4 Å². The molecule has 2 rings (SSSR count). The Morgan fingerprint density at radius 1 is 1.47 bits per heavy atom. The summed E-state index contributed by atoms with van der Waals surface area (Å²) in [5, 5.41) is 7.60. The lowest BCUT2D eigenvalue weighted by molar-refractivity contribution is 0.174. The lowest BCUT2D eigenvalue weighted by atomic mass is 9.71. The Kier molecular flexibility index (Phi) is 3.41. The molecular weight excluding hydrogens is 186 g/mol. The predicted molar refractivity (Wildman–Crippen MR) is 61.7 cm³/mol. The third-order valence-corrected chi connectivity index (χ3v) is 3.55. The van der Waals surface area contributed by atoms with Crippen LogP contribution in [0.2, 0.25) is 0 Å². The molecule has 0 aromatic carbocycles. The molecule has 1 saturated carbocycles. The first kappa shape index (κ1) is 10.7. The van der Waals surface area contributed by atoms with Crippen molar-refractivity contribution in [2.24, 2.45) is 11.8 Å². The minimum atomic E-state index is 0.881. The van der Waals surface area contributed by atoms with Gasteiger partial charge in [0.2, 0.25) is 0 Å². The molecule has 1 aromatic rings. The zero-order valence-electron chi connectivity index (χ0n) is 9.74. The normalized spacial score (nSPS) is 25.2. The Hall–Kier alpha value is -0.830. The first-order chi connectivity index (χ1) is 7.33. The Labute approximate surface area is 91.9 Å². The molecule has 2 atom stereocenters. The van der Waals surface area contributed by atoms with E-state index < -0.39 is 0 Å². The standard InChI is InChI=1S/C12H21N3/c1-3-15-9-10(7-14-15)6-11-4-5-12(11)8-13-2/h7,9,11-13H,3-6,8H2,1-2H3. The van der Waals surface area contributed by atoms with Crippen LogP contribution in [0.4, 0.5) is 0 Å². The minimum Gasteiger partial charge on any atom is -0.319 e. The van der Waals surface area contributed by atoms with E-state index in [1.807, 2.05) is 17.9 Å². The van der Waals surface area contributed by atoms with Crippen molar-refractivity contribution in [3.8, 4) is 0 Å². The molecule has 15 heavy (non-hydrogen) atoms. The molecule has 0 aliphatic heterocycles. The van der Waals surface area contributed by atoms with Gasteiger partial charge in [-0.3, -0.25) is 4.68 Å². The second-order valence-corrected chi connectivity index (χ2v) is 4.56. The van der Waals surface area contributed by atoms with E-state index in [1.54, 1.807) is 0 Å². The molecule has 0 spiro atoms. The number of hydrogen-bond donors (Lipinski definition) is 1. The monoisotopic (exact) mass is 207 g/mol. The average Bonchev–Trinajstić information content (AvgIpc) is 2.69. The van der Waals surface area contributed by atoms with Crippen LogP contribution in [0.1, 0.15) is 25.3 Å². The summed E-state index contributed by atoms with van der Waals surface area (Å²) in [6.07, 6.45) is 8.22. The molecule has 1 heterocycles. The van der Waals surface area contributed by atoms with Crippen LogP contribution in [0.5, 0.6) is 0 Å². The van der Waals surface area contributed by atoms with Gasteiger partial charge < -0.3 is 5.32 Å². The zero-order valence-corrected chi connectivity index (χ0v) is 9.74. The van der Waals surface area contributed by atoms with Crippen LogP contribution >= 0.6 is 0 Å². The van der Waals surface area contributed by atoms with Gasteiger partial charge in [-0.1, -0.05) is 0 Å². The molecule has 0 radical (unpaired) electrons. The average molecular weight is 207 g/mol. The second-order valence-electron chi connectivity index (χ2n) is 4.56. The van der Waals surface area contributed by atoms with E-state index in [0.717, 1.165) is 18.4 Å². The van der Waals surface area contributed by atoms with Crippen molar-refractivity contribution in [1.29, 1.82) is 0 Å². The van der Waals surface area contributed by atoms with Gasteiger partial charge in [-0.05, 0) is 57.2 Å². The van der Waals surface area contributed by atoms with Crippen molar-refractivity contribution in [3.63, 3.8) is 0 Å². The van der Waals surface area contributed by atoms with Crippen LogP contribution < -0.4 is 5.32 Å². The van der Waals surface area contributed by atoms with E-state index in [2.05, 4.69) is 23.5 Å². The van der Waals surface area contributed by atoms with Gasteiger partial charge in [-0.15, -0.1) is 0 Å². The quantitative estimate of drug-likeness (QED) is 0.796. The van der Waals surface area contributed by atoms with E-state index in [9.17, 15) is 0 Å². The number of hydrogen-bond acceptors (Lipinski definition) is 2. The molecule has 1 fully saturated rings. The molecule has 3 heteroatoms. The zero-order chi connectivity index (χ0) is 10.7. The second kappa shape index (κ2) is 4.79. The van der Waals surface area contributed by atoms with Crippen molar-refractivity contribution in [2.45, 2.75) is 32.7 Å². The number of aryl methyl sites for hydroxylation is 1. The van der Waals surface area contributed by atoms with Crippen LogP contribution in [-0.2, 0) is 13.0 Å². The van der Waals surface area contributed by atoms with Gasteiger partial charge in [0.25, 0.3) is 0 Å². The topological polar surface area (TPSA) is 29.9 Å². The Bertz CT molecular complexity index is 306. The van der Waals surface area contributed by atoms with Crippen molar-refractivity contribution in [2.75, 3.05) is 13.6 Å². The summed E-state index contributed by atoms with van der Waals surface area (Å²) < 4.78 is 2.01. The summed E-state index contributed by atoms with van der Waals surface area (Å²) in [6.45, 7) is 4.28. The highest BCUT2D eigenvalue weighted by Crippen LogP contribution is 2.36. The van der Waals surface area contributed by atoms with E-state index in [4.69, 9.17) is 0 Å². The molecule has 0 amide bonds. The fourth-order valence-corrected chi connectivity index (χ4v) is 2.43. The minimum absolute atomic E-state index is 0.881. The van der Waals surface area contributed by atoms with Gasteiger partial charge in [0.1, 0.15) is 0 Å². The van der Waals surface area contributed by atoms with Crippen molar-refractivity contribution in [1.82, 2.24) is 15.1 Å². The smallest absolute Gasteiger partial charge is 0.0521 e. The van der Waals surface area contributed by atoms with Crippen LogP contribution in [0.15, 0.2) is 12.4 Å². The molecule has 1 aliphatic carbocycles. The molecular formula is C12H21N3. The maximum atomic E-state index is 4.32. The summed E-state index contributed by atoms with van der Waals surface area (Å²) >= 11 is 0. The Morgan fingerprint density at radius 3 is 2.80 bits per heavy atom. The van der Waals surface area contributed by atoms with Gasteiger partial charge in [-0.2, -0.15) is 5.10 Å². The fraction of sp³-hybridized carbons (Fsp3) is 0.750. The third-order valence-electron chi connectivity index (χ3n) is 3.55. The highest BCUT2D eigenvalue weighted by atomic mass is 15.3. The van der Waals surface area contributed by atoms with Crippen molar-refractivity contribution >= 4 is 0 Å². The molecule has 0 bridgehead atoms. The Balaban J connectivity index is 1.86. The van der Waals surface area contributed by atoms with E-state index in [1.165, 1.54) is 31.4 Å². The number of nitrogens with one attached hydrogen (secondary N) is 1. The first-order valence-electron chi connectivity index (χ1n) is 5.99. The van der Waals surface area contributed by atoms with Crippen LogP contribution in [0.25, 0.3) is 0 Å².